The molecule has 3 unspecified atom stereocenters. The van der Waals surface area contributed by atoms with Crippen LogP contribution in [0.3, 0.4) is 0 Å². The van der Waals surface area contributed by atoms with Crippen molar-refractivity contribution in [1.82, 2.24) is 15.5 Å². The predicted molar refractivity (Wildman–Crippen MR) is 150 cm³/mol. The van der Waals surface area contributed by atoms with Gasteiger partial charge in [-0.2, -0.15) is 0 Å². The van der Waals surface area contributed by atoms with Gasteiger partial charge in [0, 0.05) is 24.1 Å². The van der Waals surface area contributed by atoms with Crippen LogP contribution in [0.2, 0.25) is 0 Å². The minimum atomic E-state index is -1.16. The van der Waals surface area contributed by atoms with Gasteiger partial charge in [-0.1, -0.05) is 37.3 Å². The van der Waals surface area contributed by atoms with Gasteiger partial charge in [-0.3, -0.25) is 9.59 Å². The van der Waals surface area contributed by atoms with Gasteiger partial charge in [0.15, 0.2) is 0 Å². The fraction of sp³-hybridized carbons (Fsp3) is 0.500. The summed E-state index contributed by atoms with van der Waals surface area (Å²) in [4.78, 5) is 42.3. The summed E-state index contributed by atoms with van der Waals surface area (Å²) in [6.07, 6.45) is -0.170. The number of ether oxygens (including phenoxy) is 1. The number of carbonyl (C=O) groups is 3. The number of phenols is 2. The summed E-state index contributed by atoms with van der Waals surface area (Å²) < 4.78 is 5.44. The molecule has 0 aliphatic rings. The topological polar surface area (TPSA) is 128 Å². The Morgan fingerprint density at radius 2 is 1.59 bits per heavy atom. The lowest BCUT2D eigenvalue weighted by Gasteiger charge is -2.38. The number of alkyl carbamates (subject to hydrolysis) is 1. The molecule has 214 valence electrons. The molecule has 0 aromatic heterocycles. The SMILES string of the molecule is CCC(C)N(C(=O)C(Cc1ccc(O)cc1)NC(=O)OC(C)(C)C)C(C(=O)NC(C)C)c1cccc(C)c1O. The van der Waals surface area contributed by atoms with E-state index in [1.165, 1.54) is 17.0 Å². The summed E-state index contributed by atoms with van der Waals surface area (Å²) in [6.45, 7) is 14.3. The summed E-state index contributed by atoms with van der Waals surface area (Å²) >= 11 is 0. The first-order chi connectivity index (χ1) is 18.1. The first-order valence-electron chi connectivity index (χ1n) is 13.3. The average molecular weight is 542 g/mol. The Morgan fingerprint density at radius 3 is 2.13 bits per heavy atom. The lowest BCUT2D eigenvalue weighted by Crippen LogP contribution is -2.56. The molecule has 0 fully saturated rings. The highest BCUT2D eigenvalue weighted by Crippen LogP contribution is 2.34. The summed E-state index contributed by atoms with van der Waals surface area (Å²) in [6, 6.07) is 8.51. The smallest absolute Gasteiger partial charge is 0.408 e. The van der Waals surface area contributed by atoms with E-state index in [-0.39, 0.29) is 24.0 Å². The lowest BCUT2D eigenvalue weighted by atomic mass is 9.96. The minimum absolute atomic E-state index is 0.0716. The predicted octanol–water partition coefficient (Wildman–Crippen LogP) is 4.74. The molecule has 4 N–H and O–H groups in total. The Labute approximate surface area is 231 Å². The first kappa shape index (κ1) is 31.5. The normalized spacial score (nSPS) is 13.8. The number of phenolic OH excluding ortho intramolecular Hbond substituents is 2. The number of nitrogens with one attached hydrogen (secondary N) is 2. The second kappa shape index (κ2) is 13.4. The Kier molecular flexibility index (Phi) is 10.8. The van der Waals surface area contributed by atoms with Crippen molar-refractivity contribution in [2.75, 3.05) is 0 Å². The zero-order chi connectivity index (χ0) is 29.5. The number of amides is 3. The van der Waals surface area contributed by atoms with Crippen LogP contribution in [0.15, 0.2) is 42.5 Å². The molecule has 0 spiro atoms. The highest BCUT2D eigenvalue weighted by atomic mass is 16.6. The number of hydrogen-bond donors (Lipinski definition) is 4. The highest BCUT2D eigenvalue weighted by Gasteiger charge is 2.40. The zero-order valence-electron chi connectivity index (χ0n) is 24.2. The van der Waals surface area contributed by atoms with Crippen LogP contribution in [0.4, 0.5) is 4.79 Å². The number of aryl methyl sites for hydroxylation is 1. The largest absolute Gasteiger partial charge is 0.508 e. The monoisotopic (exact) mass is 541 g/mol. The Balaban J connectivity index is 2.64. The van der Waals surface area contributed by atoms with Crippen molar-refractivity contribution in [3.8, 4) is 11.5 Å². The molecule has 2 rings (SSSR count). The average Bonchev–Trinajstić information content (AvgIpc) is 2.83. The molecule has 9 heteroatoms. The van der Waals surface area contributed by atoms with Gasteiger partial charge in [0.2, 0.25) is 11.8 Å². The fourth-order valence-corrected chi connectivity index (χ4v) is 4.18. The minimum Gasteiger partial charge on any atom is -0.508 e. The maximum Gasteiger partial charge on any atom is 0.408 e. The van der Waals surface area contributed by atoms with Crippen molar-refractivity contribution in [3.05, 3.63) is 59.2 Å². The van der Waals surface area contributed by atoms with E-state index in [9.17, 15) is 24.6 Å². The molecular formula is C30H43N3O6. The Bertz CT molecular complexity index is 1140. The van der Waals surface area contributed by atoms with Gasteiger partial charge in [-0.25, -0.2) is 4.79 Å². The molecule has 2 aromatic carbocycles. The van der Waals surface area contributed by atoms with E-state index in [1.54, 1.807) is 58.0 Å². The number of rotatable bonds is 10. The van der Waals surface area contributed by atoms with E-state index in [1.807, 2.05) is 27.7 Å². The van der Waals surface area contributed by atoms with Crippen molar-refractivity contribution >= 4 is 17.9 Å². The quantitative estimate of drug-likeness (QED) is 0.344. The molecule has 0 bridgehead atoms. The van der Waals surface area contributed by atoms with Crippen LogP contribution >= 0.6 is 0 Å². The standard InChI is InChI=1S/C30H43N3O6/c1-9-20(5)33(25(27(36)31-18(2)3)23-12-10-11-19(4)26(23)35)28(37)24(32-29(38)39-30(6,7)8)17-21-13-15-22(34)16-14-21/h10-16,18,20,24-25,34-35H,9,17H2,1-8H3,(H,31,36)(H,32,38). The van der Waals surface area contributed by atoms with Crippen LogP contribution in [-0.4, -0.2) is 56.7 Å². The summed E-state index contributed by atoms with van der Waals surface area (Å²) in [5.41, 5.74) is 0.758. The number of carbonyl (C=O) groups excluding carboxylic acids is 3. The Hall–Kier alpha value is -3.75. The molecule has 0 aliphatic heterocycles. The number of aromatic hydroxyl groups is 2. The highest BCUT2D eigenvalue weighted by molar-refractivity contribution is 5.93. The van der Waals surface area contributed by atoms with Gasteiger partial charge in [0.25, 0.3) is 0 Å². The van der Waals surface area contributed by atoms with Crippen LogP contribution in [0, 0.1) is 6.92 Å². The fourth-order valence-electron chi connectivity index (χ4n) is 4.18. The third kappa shape index (κ3) is 8.90. The summed E-state index contributed by atoms with van der Waals surface area (Å²) in [7, 11) is 0. The second-order valence-electron chi connectivity index (χ2n) is 11.2. The molecule has 3 atom stereocenters. The maximum absolute atomic E-state index is 14.4. The maximum atomic E-state index is 14.4. The molecule has 0 heterocycles. The van der Waals surface area contributed by atoms with Gasteiger partial charge >= 0.3 is 6.09 Å². The van der Waals surface area contributed by atoms with Crippen molar-refractivity contribution in [3.63, 3.8) is 0 Å². The van der Waals surface area contributed by atoms with Crippen LogP contribution in [0.1, 0.15) is 77.6 Å². The summed E-state index contributed by atoms with van der Waals surface area (Å²) in [5, 5.41) is 26.3. The lowest BCUT2D eigenvalue weighted by molar-refractivity contribution is -0.145. The number of para-hydroxylation sites is 1. The number of nitrogens with zero attached hydrogens (tertiary/aromatic N) is 1. The van der Waals surface area contributed by atoms with Gasteiger partial charge < -0.3 is 30.5 Å². The van der Waals surface area contributed by atoms with Crippen LogP contribution < -0.4 is 10.6 Å². The van der Waals surface area contributed by atoms with E-state index in [0.717, 1.165) is 0 Å². The Morgan fingerprint density at radius 1 is 0.974 bits per heavy atom. The molecule has 0 saturated carbocycles. The van der Waals surface area contributed by atoms with Crippen molar-refractivity contribution < 1.29 is 29.3 Å². The van der Waals surface area contributed by atoms with Crippen LogP contribution in [-0.2, 0) is 20.7 Å². The third-order valence-electron chi connectivity index (χ3n) is 6.21. The molecule has 0 aliphatic carbocycles. The van der Waals surface area contributed by atoms with E-state index < -0.39 is 41.6 Å². The summed E-state index contributed by atoms with van der Waals surface area (Å²) in [5.74, 6) is -0.950. The molecule has 39 heavy (non-hydrogen) atoms. The van der Waals surface area contributed by atoms with Gasteiger partial charge in [-0.15, -0.1) is 0 Å². The van der Waals surface area contributed by atoms with E-state index in [4.69, 9.17) is 4.74 Å². The third-order valence-corrected chi connectivity index (χ3v) is 6.21. The van der Waals surface area contributed by atoms with Crippen LogP contribution in [0.5, 0.6) is 11.5 Å². The van der Waals surface area contributed by atoms with Crippen LogP contribution in [0.25, 0.3) is 0 Å². The van der Waals surface area contributed by atoms with E-state index in [0.29, 0.717) is 23.1 Å². The van der Waals surface area contributed by atoms with Crippen molar-refractivity contribution in [2.24, 2.45) is 0 Å². The second-order valence-corrected chi connectivity index (χ2v) is 11.2. The van der Waals surface area contributed by atoms with Gasteiger partial charge in [0.05, 0.1) is 0 Å². The van der Waals surface area contributed by atoms with Crippen molar-refractivity contribution in [1.29, 1.82) is 0 Å². The number of benzene rings is 2. The molecule has 0 radical (unpaired) electrons. The van der Waals surface area contributed by atoms with Gasteiger partial charge in [0.1, 0.15) is 29.2 Å². The van der Waals surface area contributed by atoms with Crippen molar-refractivity contribution in [2.45, 2.75) is 98.0 Å². The molecule has 0 saturated heterocycles. The molecule has 3 amide bonds. The molecular weight excluding hydrogens is 498 g/mol. The molecule has 9 nitrogen and oxygen atoms in total. The van der Waals surface area contributed by atoms with E-state index in [2.05, 4.69) is 10.6 Å². The van der Waals surface area contributed by atoms with Gasteiger partial charge in [-0.05, 0) is 78.1 Å². The van der Waals surface area contributed by atoms with E-state index >= 15 is 0 Å². The zero-order valence-corrected chi connectivity index (χ0v) is 24.2. The first-order valence-corrected chi connectivity index (χ1v) is 13.3. The molecule has 2 aromatic rings. The number of hydrogen-bond acceptors (Lipinski definition) is 6.